The minimum Gasteiger partial charge on any atom is -0.377 e. The molecule has 3 aromatic heterocycles. The normalized spacial score (nSPS) is 20.4. The van der Waals surface area contributed by atoms with Crippen LogP contribution in [0.5, 0.6) is 0 Å². The number of hydrogen-bond donors (Lipinski definition) is 2. The minimum absolute atomic E-state index is 0.0351. The number of sulfonamides is 1. The second-order valence-corrected chi connectivity index (χ2v) is 13.3. The van der Waals surface area contributed by atoms with Gasteiger partial charge in [0.05, 0.1) is 34.6 Å². The Morgan fingerprint density at radius 3 is 2.50 bits per heavy atom. The molecule has 2 aliphatic rings. The summed E-state index contributed by atoms with van der Waals surface area (Å²) >= 11 is 6.03. The van der Waals surface area contributed by atoms with E-state index >= 15 is 0 Å². The Hall–Kier alpha value is -4.04. The van der Waals surface area contributed by atoms with Crippen LogP contribution >= 0.6 is 11.6 Å². The van der Waals surface area contributed by atoms with Gasteiger partial charge in [0.1, 0.15) is 5.15 Å². The van der Waals surface area contributed by atoms with Crippen LogP contribution in [0.15, 0.2) is 35.3 Å². The molecule has 0 radical (unpaired) electrons. The molecule has 1 saturated carbocycles. The Bertz CT molecular complexity index is 1910. The molecule has 0 bridgehead atoms. The fourth-order valence-corrected chi connectivity index (χ4v) is 6.63. The van der Waals surface area contributed by atoms with Crippen molar-refractivity contribution in [2.24, 2.45) is 25.9 Å². The monoisotopic (exact) mass is 611 g/mol. The van der Waals surface area contributed by atoms with Crippen LogP contribution in [0.2, 0.25) is 5.15 Å². The van der Waals surface area contributed by atoms with Crippen LogP contribution < -0.4 is 20.5 Å². The highest BCUT2D eigenvalue weighted by atomic mass is 35.5. The van der Waals surface area contributed by atoms with Crippen LogP contribution in [0.4, 0.5) is 11.6 Å². The SMILES string of the molecule is Cc1cc([C@@H](C)Nc2ccc(Cl)nc2C(=O)NS(C)(=O)=O)c2nc(N3C[C@@H]4C(c5cn(C)nn5)[C@@H]4C3)n(C)c(=O)c2c1. The molecule has 0 spiro atoms. The molecule has 1 aliphatic carbocycles. The third-order valence-corrected chi connectivity index (χ3v) is 8.73. The number of aromatic nitrogens is 6. The van der Waals surface area contributed by atoms with E-state index < -0.39 is 22.0 Å². The fraction of sp³-hybridized carbons (Fsp3) is 0.407. The summed E-state index contributed by atoms with van der Waals surface area (Å²) in [6.07, 6.45) is 2.85. The minimum atomic E-state index is -3.83. The summed E-state index contributed by atoms with van der Waals surface area (Å²) in [7, 11) is -0.226. The molecule has 4 aromatic rings. The van der Waals surface area contributed by atoms with E-state index in [1.807, 2.05) is 43.9 Å². The molecular formula is C27H30ClN9O4S. The molecule has 220 valence electrons. The zero-order chi connectivity index (χ0) is 30.1. The van der Waals surface area contributed by atoms with Crippen LogP contribution in [0.3, 0.4) is 0 Å². The van der Waals surface area contributed by atoms with Gasteiger partial charge in [-0.2, -0.15) is 0 Å². The Labute approximate surface area is 247 Å². The lowest BCUT2D eigenvalue weighted by Gasteiger charge is -2.25. The van der Waals surface area contributed by atoms with Gasteiger partial charge in [0.15, 0.2) is 5.69 Å². The van der Waals surface area contributed by atoms with Gasteiger partial charge >= 0.3 is 0 Å². The number of carbonyl (C=O) groups is 1. The van der Waals surface area contributed by atoms with Crippen LogP contribution in [0, 0.1) is 18.8 Å². The van der Waals surface area contributed by atoms with Crippen molar-refractivity contribution in [3.05, 3.63) is 68.5 Å². The summed E-state index contributed by atoms with van der Waals surface area (Å²) in [4.78, 5) is 37.6. The highest BCUT2D eigenvalue weighted by Crippen LogP contribution is 2.58. The quantitative estimate of drug-likeness (QED) is 0.297. The first kappa shape index (κ1) is 28.1. The number of nitrogens with zero attached hydrogens (tertiary/aromatic N) is 7. The average molecular weight is 612 g/mol. The van der Waals surface area contributed by atoms with Crippen molar-refractivity contribution >= 4 is 50.1 Å². The van der Waals surface area contributed by atoms with Crippen molar-refractivity contribution in [2.45, 2.75) is 25.8 Å². The molecule has 1 unspecified atom stereocenters. The van der Waals surface area contributed by atoms with E-state index in [-0.39, 0.29) is 22.1 Å². The molecule has 1 aromatic carbocycles. The number of amides is 1. The number of halogens is 1. The highest BCUT2D eigenvalue weighted by Gasteiger charge is 2.58. The van der Waals surface area contributed by atoms with Crippen molar-refractivity contribution in [2.75, 3.05) is 29.6 Å². The van der Waals surface area contributed by atoms with Gasteiger partial charge in [-0.3, -0.25) is 18.8 Å². The first-order valence-electron chi connectivity index (χ1n) is 13.4. The Morgan fingerprint density at radius 1 is 1.14 bits per heavy atom. The predicted molar refractivity (Wildman–Crippen MR) is 158 cm³/mol. The summed E-state index contributed by atoms with van der Waals surface area (Å²) < 4.78 is 28.6. The van der Waals surface area contributed by atoms with E-state index in [1.54, 1.807) is 22.4 Å². The van der Waals surface area contributed by atoms with E-state index in [1.165, 1.54) is 6.07 Å². The van der Waals surface area contributed by atoms with E-state index in [2.05, 4.69) is 25.5 Å². The molecular weight excluding hydrogens is 582 g/mol. The van der Waals surface area contributed by atoms with E-state index in [0.29, 0.717) is 34.6 Å². The number of pyridine rings is 1. The lowest BCUT2D eigenvalue weighted by atomic mass is 10.0. The first-order chi connectivity index (χ1) is 19.8. The molecule has 6 rings (SSSR count). The number of fused-ring (bicyclic) bond motifs is 2. The standard InChI is InChI=1S/C27H30ClN9O4S/c1-13-8-15(14(2)29-19-6-7-21(28)30-24(19)25(38)33-42(5,40)41)23-16(9-13)26(39)36(4)27(31-23)37-10-17-18(11-37)22(17)20-12-35(3)34-32-20/h6-9,12,14,17-18,22,29H,10-11H2,1-5H3,(H,33,38)/t14-,17-,18+,22?/m1/s1. The van der Waals surface area contributed by atoms with E-state index in [4.69, 9.17) is 16.6 Å². The number of piperidine rings is 1. The second kappa shape index (κ2) is 10.1. The molecule has 42 heavy (non-hydrogen) atoms. The van der Waals surface area contributed by atoms with E-state index in [0.717, 1.165) is 36.2 Å². The number of hydrogen-bond acceptors (Lipinski definition) is 10. The Morgan fingerprint density at radius 2 is 1.86 bits per heavy atom. The fourth-order valence-electron chi connectivity index (χ4n) is 6.05. The zero-order valence-corrected chi connectivity index (χ0v) is 25.2. The number of rotatable bonds is 7. The molecule has 4 atom stereocenters. The van der Waals surface area contributed by atoms with Gasteiger partial charge < -0.3 is 10.2 Å². The van der Waals surface area contributed by atoms with Crippen LogP contribution in [0.1, 0.15) is 46.2 Å². The molecule has 2 fully saturated rings. The van der Waals surface area contributed by atoms with Gasteiger partial charge in [0.2, 0.25) is 16.0 Å². The summed E-state index contributed by atoms with van der Waals surface area (Å²) in [6, 6.07) is 6.39. The van der Waals surface area contributed by atoms with Crippen molar-refractivity contribution in [3.8, 4) is 0 Å². The summed E-state index contributed by atoms with van der Waals surface area (Å²) in [5, 5.41) is 12.1. The molecule has 15 heteroatoms. The lowest BCUT2D eigenvalue weighted by molar-refractivity contribution is 0.0977. The molecule has 4 heterocycles. The zero-order valence-electron chi connectivity index (χ0n) is 23.7. The number of anilines is 2. The highest BCUT2D eigenvalue weighted by molar-refractivity contribution is 7.89. The van der Waals surface area contributed by atoms with Crippen molar-refractivity contribution in [1.82, 2.24) is 34.3 Å². The molecule has 1 aliphatic heterocycles. The van der Waals surface area contributed by atoms with Crippen LogP contribution in [0.25, 0.3) is 10.9 Å². The Balaban J connectivity index is 1.33. The van der Waals surface area contributed by atoms with Gasteiger partial charge in [-0.15, -0.1) is 5.10 Å². The smallest absolute Gasteiger partial charge is 0.285 e. The summed E-state index contributed by atoms with van der Waals surface area (Å²) in [5.74, 6) is 0.918. The van der Waals surface area contributed by atoms with Crippen LogP contribution in [-0.4, -0.2) is 63.2 Å². The van der Waals surface area contributed by atoms with Crippen molar-refractivity contribution < 1.29 is 13.2 Å². The number of benzene rings is 1. The summed E-state index contributed by atoms with van der Waals surface area (Å²) in [5.41, 5.74) is 3.13. The second-order valence-electron chi connectivity index (χ2n) is 11.2. The van der Waals surface area contributed by atoms with Gasteiger partial charge in [0, 0.05) is 44.9 Å². The maximum Gasteiger partial charge on any atom is 0.285 e. The van der Waals surface area contributed by atoms with Crippen molar-refractivity contribution in [1.29, 1.82) is 0 Å². The molecule has 2 N–H and O–H groups in total. The van der Waals surface area contributed by atoms with E-state index in [9.17, 15) is 18.0 Å². The largest absolute Gasteiger partial charge is 0.377 e. The third-order valence-electron chi connectivity index (χ3n) is 7.96. The third kappa shape index (κ3) is 5.09. The maximum absolute atomic E-state index is 13.6. The van der Waals surface area contributed by atoms with Gasteiger partial charge in [-0.25, -0.2) is 23.1 Å². The molecule has 1 amide bonds. The maximum atomic E-state index is 13.6. The van der Waals surface area contributed by atoms with Gasteiger partial charge in [-0.1, -0.05) is 22.9 Å². The predicted octanol–water partition coefficient (Wildman–Crippen LogP) is 2.13. The number of carbonyl (C=O) groups excluding carboxylic acids is 1. The van der Waals surface area contributed by atoms with Crippen LogP contribution in [-0.2, 0) is 24.1 Å². The molecule has 1 saturated heterocycles. The van der Waals surface area contributed by atoms with Crippen molar-refractivity contribution in [3.63, 3.8) is 0 Å². The average Bonchev–Trinajstić information content (AvgIpc) is 3.20. The number of aryl methyl sites for hydroxylation is 2. The molecule has 13 nitrogen and oxygen atoms in total. The topological polar surface area (TPSA) is 157 Å². The van der Waals surface area contributed by atoms with Gasteiger partial charge in [0.25, 0.3) is 11.5 Å². The summed E-state index contributed by atoms with van der Waals surface area (Å²) in [6.45, 7) is 5.30. The van der Waals surface area contributed by atoms with Gasteiger partial charge in [-0.05, 0) is 49.4 Å². The number of nitrogens with one attached hydrogen (secondary N) is 2. The first-order valence-corrected chi connectivity index (χ1v) is 15.7. The Kier molecular flexibility index (Phi) is 6.72. The lowest BCUT2D eigenvalue weighted by Crippen LogP contribution is -2.32.